The van der Waals surface area contributed by atoms with Gasteiger partial charge < -0.3 is 14.2 Å². The van der Waals surface area contributed by atoms with E-state index in [0.717, 1.165) is 0 Å². The summed E-state index contributed by atoms with van der Waals surface area (Å²) in [6.07, 6.45) is 0. The summed E-state index contributed by atoms with van der Waals surface area (Å²) in [5.74, 6) is -0.565. The summed E-state index contributed by atoms with van der Waals surface area (Å²) in [5.41, 5.74) is -0.656. The largest absolute Gasteiger partial charge is 0.472 e. The van der Waals surface area contributed by atoms with Crippen LogP contribution in [0.4, 0.5) is 0 Å². The maximum absolute atomic E-state index is 11.3. The minimum Gasteiger partial charge on any atom is -0.472 e. The summed E-state index contributed by atoms with van der Waals surface area (Å²) in [6, 6.07) is 0. The fourth-order valence-electron chi connectivity index (χ4n) is 0.919. The lowest BCUT2D eigenvalue weighted by Crippen LogP contribution is -2.18. The second-order valence-corrected chi connectivity index (χ2v) is 2.67. The third-order valence-corrected chi connectivity index (χ3v) is 1.73. The number of methoxy groups -OCH3 is 1. The number of nitrogens with one attached hydrogen (secondary N) is 1. The number of carbonyl (C=O) groups excluding carboxylic acids is 1. The van der Waals surface area contributed by atoms with Gasteiger partial charge in [0.25, 0.3) is 5.56 Å². The highest BCUT2D eigenvalue weighted by Gasteiger charge is 2.18. The zero-order chi connectivity index (χ0) is 10.7. The Hall–Kier alpha value is -1.42. The Morgan fingerprint density at radius 1 is 1.57 bits per heavy atom. The van der Waals surface area contributed by atoms with Gasteiger partial charge >= 0.3 is 5.97 Å². The van der Waals surface area contributed by atoms with Crippen molar-refractivity contribution in [2.75, 3.05) is 7.11 Å². The lowest BCUT2D eigenvalue weighted by Gasteiger charge is -2.04. The van der Waals surface area contributed by atoms with E-state index in [1.807, 2.05) is 9.47 Å². The second kappa shape index (κ2) is 4.19. The standard InChI is InChI=1S/C7H9N2O4P/c1-3-8-4(7(11)12-2)5(13-14)6(10)9-3/h14H2,1-2H3,(H,8,9,10). The van der Waals surface area contributed by atoms with Crippen LogP contribution in [0.1, 0.15) is 16.3 Å². The van der Waals surface area contributed by atoms with Crippen molar-refractivity contribution in [3.63, 3.8) is 0 Å². The molecule has 1 N–H and O–H groups in total. The Morgan fingerprint density at radius 2 is 2.21 bits per heavy atom. The van der Waals surface area contributed by atoms with Crippen molar-refractivity contribution in [1.29, 1.82) is 0 Å². The van der Waals surface area contributed by atoms with Crippen LogP contribution in [0.3, 0.4) is 0 Å². The van der Waals surface area contributed by atoms with Crippen LogP contribution in [0.25, 0.3) is 0 Å². The minimum absolute atomic E-state index is 0.135. The van der Waals surface area contributed by atoms with E-state index in [4.69, 9.17) is 0 Å². The molecule has 0 aliphatic heterocycles. The van der Waals surface area contributed by atoms with E-state index in [-0.39, 0.29) is 11.4 Å². The topological polar surface area (TPSA) is 81.3 Å². The molecule has 1 unspecified atom stereocenters. The van der Waals surface area contributed by atoms with E-state index >= 15 is 0 Å². The van der Waals surface area contributed by atoms with Gasteiger partial charge in [-0.05, 0) is 6.92 Å². The number of nitrogens with zero attached hydrogens (tertiary/aromatic N) is 1. The Balaban J connectivity index is 3.39. The van der Waals surface area contributed by atoms with Crippen molar-refractivity contribution >= 4 is 15.4 Å². The van der Waals surface area contributed by atoms with Gasteiger partial charge in [0.1, 0.15) is 5.82 Å². The van der Waals surface area contributed by atoms with Gasteiger partial charge in [-0.1, -0.05) is 0 Å². The Labute approximate surface area is 81.9 Å². The molecule has 0 aromatic carbocycles. The van der Waals surface area contributed by atoms with Crippen LogP contribution in [0.15, 0.2) is 4.79 Å². The highest BCUT2D eigenvalue weighted by molar-refractivity contribution is 7.10. The lowest BCUT2D eigenvalue weighted by atomic mass is 10.3. The molecule has 1 rings (SSSR count). The van der Waals surface area contributed by atoms with Crippen LogP contribution in [0.2, 0.25) is 0 Å². The fraction of sp³-hybridized carbons (Fsp3) is 0.286. The van der Waals surface area contributed by atoms with E-state index in [1.54, 1.807) is 6.92 Å². The molecule has 6 nitrogen and oxygen atoms in total. The van der Waals surface area contributed by atoms with Crippen molar-refractivity contribution in [2.45, 2.75) is 6.92 Å². The molecular formula is C7H9N2O4P. The Kier molecular flexibility index (Phi) is 3.19. The number of aromatic amines is 1. The van der Waals surface area contributed by atoms with Crippen LogP contribution in [-0.4, -0.2) is 23.0 Å². The molecule has 0 fully saturated rings. The van der Waals surface area contributed by atoms with Crippen LogP contribution >= 0.6 is 9.47 Å². The molecule has 0 aliphatic carbocycles. The number of hydrogen-bond acceptors (Lipinski definition) is 5. The van der Waals surface area contributed by atoms with Crippen LogP contribution in [-0.2, 0) is 4.74 Å². The van der Waals surface area contributed by atoms with Crippen LogP contribution in [0, 0.1) is 6.92 Å². The number of rotatable bonds is 2. The fourth-order valence-corrected chi connectivity index (χ4v) is 1.14. The van der Waals surface area contributed by atoms with Gasteiger partial charge in [0.2, 0.25) is 5.75 Å². The second-order valence-electron chi connectivity index (χ2n) is 2.44. The van der Waals surface area contributed by atoms with Gasteiger partial charge in [-0.15, -0.1) is 0 Å². The summed E-state index contributed by atoms with van der Waals surface area (Å²) in [6.45, 7) is 1.56. The zero-order valence-electron chi connectivity index (χ0n) is 7.66. The molecule has 0 bridgehead atoms. The molecule has 0 aliphatic rings. The number of aryl methyl sites for hydroxylation is 1. The average molecular weight is 216 g/mol. The Morgan fingerprint density at radius 3 is 2.71 bits per heavy atom. The van der Waals surface area contributed by atoms with Crippen molar-refractivity contribution in [2.24, 2.45) is 0 Å². The van der Waals surface area contributed by atoms with Crippen LogP contribution in [0.5, 0.6) is 5.75 Å². The molecule has 0 amide bonds. The van der Waals surface area contributed by atoms with Crippen molar-refractivity contribution in [1.82, 2.24) is 9.97 Å². The molecule has 1 heterocycles. The number of H-pyrrole nitrogens is 1. The first-order valence-corrected chi connectivity index (χ1v) is 4.13. The average Bonchev–Trinajstić information content (AvgIpc) is 2.15. The molecule has 0 saturated carbocycles. The maximum Gasteiger partial charge on any atom is 0.360 e. The van der Waals surface area contributed by atoms with E-state index < -0.39 is 11.5 Å². The number of ether oxygens (including phenoxy) is 1. The number of hydrogen-bond donors (Lipinski definition) is 1. The first-order valence-electron chi connectivity index (χ1n) is 3.66. The quantitative estimate of drug-likeness (QED) is 0.557. The lowest BCUT2D eigenvalue weighted by molar-refractivity contribution is 0.0591. The molecule has 0 spiro atoms. The van der Waals surface area contributed by atoms with Gasteiger partial charge in [0.15, 0.2) is 5.69 Å². The minimum atomic E-state index is -0.711. The van der Waals surface area contributed by atoms with Gasteiger partial charge in [-0.3, -0.25) is 4.79 Å². The van der Waals surface area contributed by atoms with Crippen molar-refractivity contribution in [3.05, 3.63) is 21.9 Å². The summed E-state index contributed by atoms with van der Waals surface area (Å²) in [4.78, 5) is 28.6. The number of carbonyl (C=O) groups is 1. The van der Waals surface area contributed by atoms with Gasteiger partial charge in [-0.2, -0.15) is 0 Å². The summed E-state index contributed by atoms with van der Waals surface area (Å²) >= 11 is 0. The zero-order valence-corrected chi connectivity index (χ0v) is 8.81. The summed E-state index contributed by atoms with van der Waals surface area (Å²) < 4.78 is 9.11. The van der Waals surface area contributed by atoms with Gasteiger partial charge in [0.05, 0.1) is 16.6 Å². The molecule has 0 saturated heterocycles. The third kappa shape index (κ3) is 1.90. The maximum atomic E-state index is 11.3. The first kappa shape index (κ1) is 10.7. The Bertz CT molecular complexity index is 415. The number of aromatic nitrogens is 2. The molecular weight excluding hydrogens is 207 g/mol. The van der Waals surface area contributed by atoms with E-state index in [0.29, 0.717) is 5.82 Å². The van der Waals surface area contributed by atoms with E-state index in [1.165, 1.54) is 7.11 Å². The third-order valence-electron chi connectivity index (χ3n) is 1.49. The van der Waals surface area contributed by atoms with Crippen molar-refractivity contribution < 1.29 is 14.1 Å². The summed E-state index contributed by atoms with van der Waals surface area (Å²) in [5, 5.41) is 0. The normalized spacial score (nSPS) is 9.64. The molecule has 7 heteroatoms. The van der Waals surface area contributed by atoms with E-state index in [2.05, 4.69) is 19.2 Å². The first-order chi connectivity index (χ1) is 6.60. The van der Waals surface area contributed by atoms with Gasteiger partial charge in [-0.25, -0.2) is 9.78 Å². The molecule has 0 radical (unpaired) electrons. The van der Waals surface area contributed by atoms with Crippen molar-refractivity contribution in [3.8, 4) is 5.75 Å². The smallest absolute Gasteiger partial charge is 0.360 e. The molecule has 1 aromatic heterocycles. The highest BCUT2D eigenvalue weighted by Crippen LogP contribution is 2.13. The van der Waals surface area contributed by atoms with Gasteiger partial charge in [0, 0.05) is 0 Å². The number of esters is 1. The predicted molar refractivity (Wildman–Crippen MR) is 51.3 cm³/mol. The molecule has 1 aromatic rings. The summed E-state index contributed by atoms with van der Waals surface area (Å²) in [7, 11) is 3.08. The molecule has 14 heavy (non-hydrogen) atoms. The SMILES string of the molecule is COC(=O)c1nc(C)[nH]c(=O)c1OP. The van der Waals surface area contributed by atoms with Crippen LogP contribution < -0.4 is 10.1 Å². The predicted octanol–water partition coefficient (Wildman–Crippen LogP) is 0.0338. The van der Waals surface area contributed by atoms with E-state index in [9.17, 15) is 9.59 Å². The molecule has 1 atom stereocenters. The monoisotopic (exact) mass is 216 g/mol. The highest BCUT2D eigenvalue weighted by atomic mass is 31.0. The molecule has 76 valence electrons.